The summed E-state index contributed by atoms with van der Waals surface area (Å²) in [6.45, 7) is 0.693. The van der Waals surface area contributed by atoms with E-state index in [4.69, 9.17) is 23.7 Å². The van der Waals surface area contributed by atoms with E-state index in [1.165, 1.54) is 0 Å². The van der Waals surface area contributed by atoms with Gasteiger partial charge in [-0.05, 0) is 25.7 Å². The molecule has 1 rings (SSSR count). The highest BCUT2D eigenvalue weighted by Gasteiger charge is 2.09. The van der Waals surface area contributed by atoms with Crippen LogP contribution in [-0.4, -0.2) is 63.5 Å². The molecule has 1 fully saturated rings. The van der Waals surface area contributed by atoms with Crippen LogP contribution in [-0.2, 0) is 42.9 Å². The molecule has 0 N–H and O–H groups in total. The Morgan fingerprint density at radius 3 is 0.963 bits per heavy atom. The van der Waals surface area contributed by atoms with Crippen LogP contribution in [0.2, 0.25) is 0 Å². The molecule has 1 heterocycles. The molecule has 1 aliphatic rings. The average molecular weight is 388 g/mol. The van der Waals surface area contributed by atoms with Gasteiger partial charge in [0.15, 0.2) is 0 Å². The van der Waals surface area contributed by atoms with Gasteiger partial charge in [0.2, 0.25) is 0 Å². The van der Waals surface area contributed by atoms with Crippen LogP contribution in [0.15, 0.2) is 0 Å². The predicted octanol–water partition coefficient (Wildman–Crippen LogP) is 1.31. The second-order valence-electron chi connectivity index (χ2n) is 5.91. The Morgan fingerprint density at radius 1 is 0.407 bits per heavy atom. The highest BCUT2D eigenvalue weighted by Crippen LogP contribution is 2.05. The van der Waals surface area contributed by atoms with Crippen LogP contribution in [0.3, 0.4) is 0 Å². The third-order valence-corrected chi connectivity index (χ3v) is 3.61. The number of carbonyl (C=O) groups excluding carboxylic acids is 4. The Balaban J connectivity index is 2.31. The lowest BCUT2D eigenvalue weighted by atomic mass is 10.2. The first-order valence-electron chi connectivity index (χ1n) is 9.28. The van der Waals surface area contributed by atoms with Gasteiger partial charge < -0.3 is 23.7 Å². The number of esters is 4. The Hall–Kier alpha value is -2.16. The van der Waals surface area contributed by atoms with Crippen molar-refractivity contribution in [3.8, 4) is 0 Å². The summed E-state index contributed by atoms with van der Waals surface area (Å²) in [7, 11) is 0. The third kappa shape index (κ3) is 13.7. The van der Waals surface area contributed by atoms with Crippen LogP contribution in [0.4, 0.5) is 0 Å². The first-order valence-corrected chi connectivity index (χ1v) is 9.28. The molecule has 27 heavy (non-hydrogen) atoms. The van der Waals surface area contributed by atoms with Crippen molar-refractivity contribution < 1.29 is 42.9 Å². The van der Waals surface area contributed by atoms with Gasteiger partial charge >= 0.3 is 23.9 Å². The number of hydrogen-bond acceptors (Lipinski definition) is 9. The number of hydrogen-bond donors (Lipinski definition) is 0. The Kier molecular flexibility index (Phi) is 12.7. The summed E-state index contributed by atoms with van der Waals surface area (Å²) in [6.07, 6.45) is 2.85. The minimum absolute atomic E-state index is 0.00105. The first-order chi connectivity index (χ1) is 13.1. The third-order valence-electron chi connectivity index (χ3n) is 3.61. The average Bonchev–Trinajstić information content (AvgIpc) is 2.64. The molecule has 0 bridgehead atoms. The van der Waals surface area contributed by atoms with E-state index in [2.05, 4.69) is 0 Å². The highest BCUT2D eigenvalue weighted by atomic mass is 16.6. The lowest BCUT2D eigenvalue weighted by Gasteiger charge is -2.07. The molecule has 1 saturated heterocycles. The molecule has 0 spiro atoms. The van der Waals surface area contributed by atoms with Crippen LogP contribution in [0.25, 0.3) is 0 Å². The van der Waals surface area contributed by atoms with E-state index < -0.39 is 11.9 Å². The normalized spacial score (nSPS) is 21.3. The van der Waals surface area contributed by atoms with Crippen molar-refractivity contribution in [2.45, 2.75) is 51.4 Å². The molecule has 0 unspecified atom stereocenters. The molecule has 0 radical (unpaired) electrons. The van der Waals surface area contributed by atoms with E-state index in [0.717, 1.165) is 0 Å². The summed E-state index contributed by atoms with van der Waals surface area (Å²) >= 11 is 0. The van der Waals surface area contributed by atoms with E-state index in [1.54, 1.807) is 0 Å². The fourth-order valence-electron chi connectivity index (χ4n) is 2.21. The van der Waals surface area contributed by atoms with Crippen molar-refractivity contribution in [2.24, 2.45) is 0 Å². The van der Waals surface area contributed by atoms with Gasteiger partial charge in [0.25, 0.3) is 0 Å². The fourth-order valence-corrected chi connectivity index (χ4v) is 2.21. The minimum atomic E-state index is -0.398. The van der Waals surface area contributed by atoms with Gasteiger partial charge in [-0.3, -0.25) is 19.2 Å². The molecule has 0 aromatic heterocycles. The maximum Gasteiger partial charge on any atom is 0.305 e. The predicted molar refractivity (Wildman–Crippen MR) is 91.6 cm³/mol. The van der Waals surface area contributed by atoms with Gasteiger partial charge in [-0.1, -0.05) is 0 Å². The second kappa shape index (κ2) is 15.0. The molecule has 1 aliphatic heterocycles. The van der Waals surface area contributed by atoms with E-state index in [1.807, 2.05) is 0 Å². The van der Waals surface area contributed by atoms with Crippen molar-refractivity contribution >= 4 is 23.9 Å². The molecular weight excluding hydrogens is 360 g/mol. The number of cyclic esters (lactones) is 4. The zero-order valence-corrected chi connectivity index (χ0v) is 15.6. The molecular formula is C18H28O9. The monoisotopic (exact) mass is 388 g/mol. The molecule has 9 nitrogen and oxygen atoms in total. The molecule has 0 aliphatic carbocycles. The number of rotatable bonds is 0. The smallest absolute Gasteiger partial charge is 0.305 e. The van der Waals surface area contributed by atoms with Gasteiger partial charge in [-0.25, -0.2) is 0 Å². The van der Waals surface area contributed by atoms with E-state index >= 15 is 0 Å². The molecule has 0 atom stereocenters. The topological polar surface area (TPSA) is 114 Å². The van der Waals surface area contributed by atoms with Crippen molar-refractivity contribution in [1.82, 2.24) is 0 Å². The maximum atomic E-state index is 11.5. The van der Waals surface area contributed by atoms with E-state index in [9.17, 15) is 19.2 Å². The summed E-state index contributed by atoms with van der Waals surface area (Å²) in [5.74, 6) is -1.51. The van der Waals surface area contributed by atoms with Crippen molar-refractivity contribution in [2.75, 3.05) is 39.6 Å². The van der Waals surface area contributed by atoms with Crippen LogP contribution < -0.4 is 0 Å². The first kappa shape index (κ1) is 22.9. The summed E-state index contributed by atoms with van der Waals surface area (Å²) in [6, 6.07) is 0. The molecule has 0 aromatic rings. The summed E-state index contributed by atoms with van der Waals surface area (Å²) < 4.78 is 25.1. The Labute approximate surface area is 158 Å². The van der Waals surface area contributed by atoms with Crippen LogP contribution in [0.5, 0.6) is 0 Å². The summed E-state index contributed by atoms with van der Waals surface area (Å²) in [5, 5.41) is 0. The summed E-state index contributed by atoms with van der Waals surface area (Å²) in [4.78, 5) is 46.0. The molecule has 0 amide bonds. The SMILES string of the molecule is O=C1CCCCC(=O)OCCOC(=O)CCCCC(=O)OCCOCCO1. The standard InChI is InChI=1S/C18H28O9/c19-15-5-1-3-7-17(21)26-13-14-27-18(22)8-4-2-6-16(20)25-12-10-23-9-11-24-15/h1-14H2. The maximum absolute atomic E-state index is 11.5. The fraction of sp³-hybridized carbons (Fsp3) is 0.778. The van der Waals surface area contributed by atoms with Gasteiger partial charge in [0.05, 0.1) is 13.2 Å². The van der Waals surface area contributed by atoms with Crippen molar-refractivity contribution in [3.63, 3.8) is 0 Å². The van der Waals surface area contributed by atoms with Gasteiger partial charge in [0, 0.05) is 25.7 Å². The second-order valence-corrected chi connectivity index (χ2v) is 5.91. The van der Waals surface area contributed by atoms with Gasteiger partial charge in [0.1, 0.15) is 26.4 Å². The number of carbonyl (C=O) groups is 4. The quantitative estimate of drug-likeness (QED) is 0.447. The largest absolute Gasteiger partial charge is 0.463 e. The van der Waals surface area contributed by atoms with Gasteiger partial charge in [-0.2, -0.15) is 0 Å². The molecule has 0 aromatic carbocycles. The van der Waals surface area contributed by atoms with Crippen LogP contribution in [0, 0.1) is 0 Å². The van der Waals surface area contributed by atoms with Crippen molar-refractivity contribution in [1.29, 1.82) is 0 Å². The zero-order valence-electron chi connectivity index (χ0n) is 15.6. The van der Waals surface area contributed by atoms with Crippen molar-refractivity contribution in [3.05, 3.63) is 0 Å². The Morgan fingerprint density at radius 2 is 0.667 bits per heavy atom. The van der Waals surface area contributed by atoms with Crippen LogP contribution >= 0.6 is 0 Å². The Bertz CT molecular complexity index is 433. The zero-order chi connectivity index (χ0) is 19.7. The lowest BCUT2D eigenvalue weighted by Crippen LogP contribution is -2.14. The van der Waals surface area contributed by atoms with Gasteiger partial charge in [-0.15, -0.1) is 0 Å². The minimum Gasteiger partial charge on any atom is -0.463 e. The molecule has 0 saturated carbocycles. The van der Waals surface area contributed by atoms with Crippen LogP contribution in [0.1, 0.15) is 51.4 Å². The summed E-state index contributed by atoms with van der Waals surface area (Å²) in [5.41, 5.74) is 0. The van der Waals surface area contributed by atoms with E-state index in [0.29, 0.717) is 25.7 Å². The number of ether oxygens (including phenoxy) is 5. The molecule has 154 valence electrons. The lowest BCUT2D eigenvalue weighted by molar-refractivity contribution is -0.152. The molecule has 9 heteroatoms. The van der Waals surface area contributed by atoms with E-state index in [-0.39, 0.29) is 77.3 Å². The highest BCUT2D eigenvalue weighted by molar-refractivity contribution is 5.71.